The van der Waals surface area contributed by atoms with E-state index in [0.717, 1.165) is 22.2 Å². The summed E-state index contributed by atoms with van der Waals surface area (Å²) in [6.45, 7) is 0.165. The Bertz CT molecular complexity index is 725. The number of nitrogens with zero attached hydrogens (tertiary/aromatic N) is 1. The number of aromatic nitrogens is 1. The normalized spacial score (nSPS) is 10.7. The van der Waals surface area contributed by atoms with E-state index in [1.807, 2.05) is 48.5 Å². The van der Waals surface area contributed by atoms with E-state index >= 15 is 0 Å². The van der Waals surface area contributed by atoms with Gasteiger partial charge in [0.1, 0.15) is 19.0 Å². The minimum Gasteiger partial charge on any atom is -0.487 e. The molecular weight excluding hydrogens is 250 g/mol. The Balaban J connectivity index is 1.76. The van der Waals surface area contributed by atoms with Gasteiger partial charge in [-0.25, -0.2) is 10.1 Å². The molecule has 3 nitrogen and oxygen atoms in total. The fourth-order valence-electron chi connectivity index (χ4n) is 2.07. The van der Waals surface area contributed by atoms with Gasteiger partial charge in [-0.2, -0.15) is 0 Å². The Morgan fingerprint density at radius 3 is 2.75 bits per heavy atom. The van der Waals surface area contributed by atoms with Crippen LogP contribution in [0.1, 0.15) is 11.3 Å². The van der Waals surface area contributed by atoms with E-state index in [2.05, 4.69) is 4.98 Å². The van der Waals surface area contributed by atoms with Crippen molar-refractivity contribution in [2.75, 3.05) is 0 Å². The summed E-state index contributed by atoms with van der Waals surface area (Å²) in [7, 11) is 0. The average Bonchev–Trinajstić information content (AvgIpc) is 2.53. The third-order valence-corrected chi connectivity index (χ3v) is 3.11. The lowest BCUT2D eigenvalue weighted by Gasteiger charge is -2.07. The third kappa shape index (κ3) is 2.78. The molecule has 0 atom stereocenters. The van der Waals surface area contributed by atoms with E-state index < -0.39 is 0 Å². The number of benzene rings is 2. The lowest BCUT2D eigenvalue weighted by atomic mass is 10.2. The molecule has 0 saturated carbocycles. The molecule has 0 fully saturated rings. The van der Waals surface area contributed by atoms with Gasteiger partial charge >= 0.3 is 0 Å². The summed E-state index contributed by atoms with van der Waals surface area (Å²) in [5.74, 6) is 0.702. The van der Waals surface area contributed by atoms with Gasteiger partial charge in [0, 0.05) is 5.39 Å². The molecule has 3 aromatic rings. The maximum Gasteiger partial charge on any atom is 0.130 e. The standard InChI is InChI=1S/C17H14NO2/c19-11-13-4-3-6-16(10-13)20-12-15-9-8-14-5-1-2-7-17(14)18-15/h1-10H,11-12H2. The maximum atomic E-state index is 10.8. The van der Waals surface area contributed by atoms with Gasteiger partial charge in [0.25, 0.3) is 0 Å². The van der Waals surface area contributed by atoms with Crippen molar-refractivity contribution in [3.8, 4) is 5.75 Å². The van der Waals surface area contributed by atoms with E-state index in [4.69, 9.17) is 4.74 Å². The molecule has 0 aliphatic carbocycles. The van der Waals surface area contributed by atoms with Crippen molar-refractivity contribution in [1.29, 1.82) is 0 Å². The molecule has 2 aromatic carbocycles. The lowest BCUT2D eigenvalue weighted by Crippen LogP contribution is -1.98. The van der Waals surface area contributed by atoms with E-state index in [9.17, 15) is 5.11 Å². The van der Waals surface area contributed by atoms with Crippen LogP contribution in [0.15, 0.2) is 60.7 Å². The number of para-hydroxylation sites is 1. The molecule has 99 valence electrons. The summed E-state index contributed by atoms with van der Waals surface area (Å²) in [4.78, 5) is 4.55. The number of ether oxygens (including phenoxy) is 1. The zero-order chi connectivity index (χ0) is 13.8. The predicted molar refractivity (Wildman–Crippen MR) is 76.9 cm³/mol. The first kappa shape index (κ1) is 12.6. The molecule has 0 saturated heterocycles. The van der Waals surface area contributed by atoms with Crippen LogP contribution < -0.4 is 4.74 Å². The maximum absolute atomic E-state index is 10.8. The first-order valence-electron chi connectivity index (χ1n) is 6.50. The second-order valence-electron chi connectivity index (χ2n) is 4.58. The third-order valence-electron chi connectivity index (χ3n) is 3.11. The highest BCUT2D eigenvalue weighted by Gasteiger charge is 2.01. The first-order valence-corrected chi connectivity index (χ1v) is 6.50. The molecule has 0 amide bonds. The summed E-state index contributed by atoms with van der Waals surface area (Å²) in [5, 5.41) is 12.0. The highest BCUT2D eigenvalue weighted by Crippen LogP contribution is 2.16. The molecule has 0 spiro atoms. The molecule has 0 aliphatic heterocycles. The smallest absolute Gasteiger partial charge is 0.130 e. The molecule has 1 heterocycles. The Labute approximate surface area is 117 Å². The quantitative estimate of drug-likeness (QED) is 0.720. The monoisotopic (exact) mass is 264 g/mol. The van der Waals surface area contributed by atoms with E-state index in [-0.39, 0.29) is 6.61 Å². The van der Waals surface area contributed by atoms with Crippen molar-refractivity contribution in [3.05, 3.63) is 71.9 Å². The van der Waals surface area contributed by atoms with Crippen LogP contribution >= 0.6 is 0 Å². The van der Waals surface area contributed by atoms with Crippen LogP contribution in [-0.4, -0.2) is 4.98 Å². The van der Waals surface area contributed by atoms with Crippen LogP contribution in [0, 0.1) is 0 Å². The largest absolute Gasteiger partial charge is 0.487 e. The minimum atomic E-state index is -0.231. The average molecular weight is 264 g/mol. The highest BCUT2D eigenvalue weighted by molar-refractivity contribution is 5.78. The van der Waals surface area contributed by atoms with Gasteiger partial charge in [-0.15, -0.1) is 0 Å². The second-order valence-corrected chi connectivity index (χ2v) is 4.58. The van der Waals surface area contributed by atoms with Crippen LogP contribution in [0.3, 0.4) is 0 Å². The SMILES string of the molecule is [O]Cc1cccc(OCc2ccc3ccccc3n2)c1. The summed E-state index contributed by atoms with van der Waals surface area (Å²) in [6, 6.07) is 19.2. The van der Waals surface area contributed by atoms with E-state index in [1.165, 1.54) is 0 Å². The van der Waals surface area contributed by atoms with Gasteiger partial charge < -0.3 is 4.74 Å². The lowest BCUT2D eigenvalue weighted by molar-refractivity contribution is 0.177. The summed E-state index contributed by atoms with van der Waals surface area (Å²) in [5.41, 5.74) is 2.56. The Morgan fingerprint density at radius 2 is 1.85 bits per heavy atom. The molecular formula is C17H14NO2. The molecule has 0 aliphatic rings. The van der Waals surface area contributed by atoms with Crippen LogP contribution in [0.2, 0.25) is 0 Å². The topological polar surface area (TPSA) is 42.0 Å². The number of fused-ring (bicyclic) bond motifs is 1. The van der Waals surface area contributed by atoms with Gasteiger partial charge in [0.15, 0.2) is 0 Å². The Hall–Kier alpha value is -2.39. The number of hydrogen-bond donors (Lipinski definition) is 0. The molecule has 20 heavy (non-hydrogen) atoms. The van der Waals surface area contributed by atoms with Gasteiger partial charge in [-0.3, -0.25) is 0 Å². The van der Waals surface area contributed by atoms with Gasteiger partial charge in [-0.1, -0.05) is 36.4 Å². The van der Waals surface area contributed by atoms with Crippen molar-refractivity contribution >= 4 is 10.9 Å². The molecule has 0 unspecified atom stereocenters. The summed E-state index contributed by atoms with van der Waals surface area (Å²) >= 11 is 0. The minimum absolute atomic E-state index is 0.231. The number of pyridine rings is 1. The summed E-state index contributed by atoms with van der Waals surface area (Å²) in [6.07, 6.45) is 0. The summed E-state index contributed by atoms with van der Waals surface area (Å²) < 4.78 is 5.68. The van der Waals surface area contributed by atoms with Crippen LogP contribution in [0.4, 0.5) is 0 Å². The highest BCUT2D eigenvalue weighted by atomic mass is 16.5. The van der Waals surface area contributed by atoms with Gasteiger partial charge in [0.2, 0.25) is 0 Å². The van der Waals surface area contributed by atoms with E-state index in [0.29, 0.717) is 12.4 Å². The Morgan fingerprint density at radius 1 is 0.950 bits per heavy atom. The molecule has 0 bridgehead atoms. The van der Waals surface area contributed by atoms with Crippen molar-refractivity contribution in [3.63, 3.8) is 0 Å². The first-order chi connectivity index (χ1) is 9.85. The molecule has 1 radical (unpaired) electrons. The Kier molecular flexibility index (Phi) is 3.61. The molecule has 0 N–H and O–H groups in total. The number of rotatable bonds is 4. The van der Waals surface area contributed by atoms with Gasteiger partial charge in [0.05, 0.1) is 11.2 Å². The number of hydrogen-bond acceptors (Lipinski definition) is 2. The fraction of sp³-hybridized carbons (Fsp3) is 0.118. The van der Waals surface area contributed by atoms with Crippen molar-refractivity contribution in [1.82, 2.24) is 4.98 Å². The van der Waals surface area contributed by atoms with Crippen molar-refractivity contribution < 1.29 is 9.84 Å². The van der Waals surface area contributed by atoms with Crippen LogP contribution in [-0.2, 0) is 18.3 Å². The molecule has 3 heteroatoms. The van der Waals surface area contributed by atoms with Crippen molar-refractivity contribution in [2.45, 2.75) is 13.2 Å². The zero-order valence-electron chi connectivity index (χ0n) is 11.0. The predicted octanol–water partition coefficient (Wildman–Crippen LogP) is 3.74. The van der Waals surface area contributed by atoms with Crippen molar-refractivity contribution in [2.24, 2.45) is 0 Å². The molecule has 1 aromatic heterocycles. The van der Waals surface area contributed by atoms with Crippen LogP contribution in [0.25, 0.3) is 10.9 Å². The molecule has 3 rings (SSSR count). The fourth-order valence-corrected chi connectivity index (χ4v) is 2.07. The van der Waals surface area contributed by atoms with E-state index in [1.54, 1.807) is 12.1 Å². The second kappa shape index (κ2) is 5.72. The van der Waals surface area contributed by atoms with Gasteiger partial charge in [-0.05, 0) is 29.8 Å². The van der Waals surface area contributed by atoms with Crippen LogP contribution in [0.5, 0.6) is 5.75 Å². The zero-order valence-corrected chi connectivity index (χ0v) is 11.0.